The Balaban J connectivity index is 2.10. The van der Waals surface area contributed by atoms with Crippen molar-refractivity contribution in [2.45, 2.75) is 32.7 Å². The van der Waals surface area contributed by atoms with Crippen LogP contribution in [0.4, 0.5) is 4.39 Å². The van der Waals surface area contributed by atoms with Gasteiger partial charge in [-0.2, -0.15) is 5.10 Å². The number of carbonyl (C=O) groups excluding carboxylic acids is 1. The average molecular weight is 470 g/mol. The second-order valence-electron chi connectivity index (χ2n) is 8.24. The molecule has 1 unspecified atom stereocenters. The van der Waals surface area contributed by atoms with Crippen LogP contribution in [0.15, 0.2) is 48.5 Å². The van der Waals surface area contributed by atoms with Crippen LogP contribution in [0.1, 0.15) is 37.2 Å². The molecular formula is C25H28FN3O5. The summed E-state index contributed by atoms with van der Waals surface area (Å²) in [5.74, 6) is -0.730. The molecule has 2 N–H and O–H groups in total. The van der Waals surface area contributed by atoms with E-state index in [1.807, 2.05) is 13.8 Å². The Bertz CT molecular complexity index is 1140. The number of amides is 1. The maximum atomic E-state index is 13.6. The van der Waals surface area contributed by atoms with Gasteiger partial charge in [0.2, 0.25) is 0 Å². The molecule has 180 valence electrons. The number of rotatable bonds is 10. The van der Waals surface area contributed by atoms with E-state index in [-0.39, 0.29) is 18.0 Å². The molecule has 3 aromatic rings. The van der Waals surface area contributed by atoms with Crippen molar-refractivity contribution < 1.29 is 28.6 Å². The van der Waals surface area contributed by atoms with E-state index in [4.69, 9.17) is 9.47 Å². The highest BCUT2D eigenvalue weighted by atomic mass is 19.1. The summed E-state index contributed by atoms with van der Waals surface area (Å²) in [6.45, 7) is 3.91. The topological polar surface area (TPSA) is 103 Å². The summed E-state index contributed by atoms with van der Waals surface area (Å²) in [6.07, 6.45) is 0.305. The van der Waals surface area contributed by atoms with Crippen molar-refractivity contribution in [2.75, 3.05) is 14.2 Å². The highest BCUT2D eigenvalue weighted by molar-refractivity contribution is 5.94. The van der Waals surface area contributed by atoms with E-state index in [0.717, 1.165) is 0 Å². The maximum Gasteiger partial charge on any atom is 0.305 e. The van der Waals surface area contributed by atoms with Crippen molar-refractivity contribution in [1.29, 1.82) is 0 Å². The third-order valence-electron chi connectivity index (χ3n) is 5.21. The number of hydrogen-bond donors (Lipinski definition) is 2. The highest BCUT2D eigenvalue weighted by Gasteiger charge is 2.24. The van der Waals surface area contributed by atoms with Crippen LogP contribution in [-0.4, -0.2) is 47.0 Å². The van der Waals surface area contributed by atoms with Crippen LogP contribution in [-0.2, 0) is 4.79 Å². The zero-order chi connectivity index (χ0) is 24.8. The largest absolute Gasteiger partial charge is 0.496 e. The molecule has 1 amide bonds. The molecule has 0 spiro atoms. The van der Waals surface area contributed by atoms with E-state index >= 15 is 0 Å². The van der Waals surface area contributed by atoms with E-state index in [0.29, 0.717) is 34.9 Å². The first-order chi connectivity index (χ1) is 16.2. The fourth-order valence-electron chi connectivity index (χ4n) is 3.79. The van der Waals surface area contributed by atoms with Gasteiger partial charge in [0.25, 0.3) is 5.91 Å². The number of nitrogens with one attached hydrogen (secondary N) is 1. The second kappa shape index (κ2) is 10.8. The number of aliphatic carboxylic acids is 1. The first-order valence-corrected chi connectivity index (χ1v) is 10.8. The maximum absolute atomic E-state index is 13.6. The van der Waals surface area contributed by atoms with Crippen molar-refractivity contribution in [3.63, 3.8) is 0 Å². The van der Waals surface area contributed by atoms with Gasteiger partial charge in [0.05, 0.1) is 37.6 Å². The molecule has 34 heavy (non-hydrogen) atoms. The molecule has 0 aliphatic rings. The van der Waals surface area contributed by atoms with E-state index in [9.17, 15) is 19.1 Å². The molecule has 0 aliphatic heterocycles. The number of aromatic nitrogens is 2. The SMILES string of the molecule is COc1cccc(OC)c1-c1cc(C(=O)NC(CC(=O)O)CC(C)C)nn1-c1ccc(F)cc1. The van der Waals surface area contributed by atoms with E-state index in [1.54, 1.807) is 36.4 Å². The van der Waals surface area contributed by atoms with Crippen LogP contribution < -0.4 is 14.8 Å². The summed E-state index contributed by atoms with van der Waals surface area (Å²) in [7, 11) is 3.04. The Morgan fingerprint density at radius 2 is 1.71 bits per heavy atom. The van der Waals surface area contributed by atoms with Gasteiger partial charge < -0.3 is 19.9 Å². The first-order valence-electron chi connectivity index (χ1n) is 10.8. The zero-order valence-corrected chi connectivity index (χ0v) is 19.5. The van der Waals surface area contributed by atoms with Crippen molar-refractivity contribution in [2.24, 2.45) is 5.92 Å². The van der Waals surface area contributed by atoms with Gasteiger partial charge in [0, 0.05) is 6.04 Å². The van der Waals surface area contributed by atoms with Crippen LogP contribution >= 0.6 is 0 Å². The molecule has 0 saturated heterocycles. The smallest absolute Gasteiger partial charge is 0.305 e. The van der Waals surface area contributed by atoms with Crippen molar-refractivity contribution in [3.05, 3.63) is 60.0 Å². The summed E-state index contributed by atoms with van der Waals surface area (Å²) in [5.41, 5.74) is 1.65. The molecule has 0 bridgehead atoms. The monoisotopic (exact) mass is 469 g/mol. The predicted molar refractivity (Wildman–Crippen MR) is 125 cm³/mol. The Hall–Kier alpha value is -3.88. The molecule has 0 aliphatic carbocycles. The Morgan fingerprint density at radius 1 is 1.09 bits per heavy atom. The van der Waals surface area contributed by atoms with Crippen LogP contribution in [0.5, 0.6) is 11.5 Å². The van der Waals surface area contributed by atoms with Crippen molar-refractivity contribution in [3.8, 4) is 28.4 Å². The minimum atomic E-state index is -0.998. The number of halogens is 1. The number of methoxy groups -OCH3 is 2. The second-order valence-corrected chi connectivity index (χ2v) is 8.24. The lowest BCUT2D eigenvalue weighted by Gasteiger charge is -2.18. The van der Waals surface area contributed by atoms with Gasteiger partial charge in [-0.25, -0.2) is 9.07 Å². The van der Waals surface area contributed by atoms with Crippen LogP contribution in [0.2, 0.25) is 0 Å². The van der Waals surface area contributed by atoms with Gasteiger partial charge in [-0.05, 0) is 54.8 Å². The first kappa shape index (κ1) is 24.8. The van der Waals surface area contributed by atoms with Gasteiger partial charge in [-0.3, -0.25) is 9.59 Å². The number of carboxylic acid groups (broad SMARTS) is 1. The van der Waals surface area contributed by atoms with Gasteiger partial charge >= 0.3 is 5.97 Å². The molecule has 9 heteroatoms. The standard InChI is InChI=1S/C25H28FN3O5/c1-15(2)12-17(13-23(30)31)27-25(32)19-14-20(24-21(33-3)6-5-7-22(24)34-4)29(28-19)18-10-8-16(26)9-11-18/h5-11,14-15,17H,12-13H2,1-4H3,(H,27,32)(H,30,31). The molecule has 0 fully saturated rings. The Morgan fingerprint density at radius 3 is 2.24 bits per heavy atom. The van der Waals surface area contributed by atoms with Crippen molar-refractivity contribution >= 4 is 11.9 Å². The number of nitrogens with zero attached hydrogens (tertiary/aromatic N) is 2. The van der Waals surface area contributed by atoms with Crippen LogP contribution in [0.25, 0.3) is 16.9 Å². The molecule has 8 nitrogen and oxygen atoms in total. The molecule has 1 atom stereocenters. The summed E-state index contributed by atoms with van der Waals surface area (Å²) in [4.78, 5) is 24.4. The fourth-order valence-corrected chi connectivity index (χ4v) is 3.79. The highest BCUT2D eigenvalue weighted by Crippen LogP contribution is 2.39. The van der Waals surface area contributed by atoms with Crippen LogP contribution in [0, 0.1) is 11.7 Å². The zero-order valence-electron chi connectivity index (χ0n) is 19.5. The van der Waals surface area contributed by atoms with E-state index < -0.39 is 23.7 Å². The van der Waals surface area contributed by atoms with Crippen molar-refractivity contribution in [1.82, 2.24) is 15.1 Å². The minimum Gasteiger partial charge on any atom is -0.496 e. The Labute approximate surface area is 197 Å². The summed E-state index contributed by atoms with van der Waals surface area (Å²) in [6, 6.07) is 12.0. The number of hydrogen-bond acceptors (Lipinski definition) is 5. The normalized spacial score (nSPS) is 11.8. The lowest BCUT2D eigenvalue weighted by Crippen LogP contribution is -2.37. The van der Waals surface area contributed by atoms with Gasteiger partial charge in [0.1, 0.15) is 17.3 Å². The third kappa shape index (κ3) is 5.72. The van der Waals surface area contributed by atoms with Gasteiger partial charge in [-0.1, -0.05) is 19.9 Å². The lowest BCUT2D eigenvalue weighted by atomic mass is 10.0. The molecule has 3 rings (SSSR count). The molecule has 1 aromatic heterocycles. The summed E-state index contributed by atoms with van der Waals surface area (Å²) >= 11 is 0. The Kier molecular flexibility index (Phi) is 7.88. The summed E-state index contributed by atoms with van der Waals surface area (Å²) in [5, 5.41) is 16.5. The molecule has 0 radical (unpaired) electrons. The van der Waals surface area contributed by atoms with Gasteiger partial charge in [0.15, 0.2) is 5.69 Å². The van der Waals surface area contributed by atoms with E-state index in [1.165, 1.54) is 31.0 Å². The van der Waals surface area contributed by atoms with Gasteiger partial charge in [-0.15, -0.1) is 0 Å². The predicted octanol–water partition coefficient (Wildman–Crippen LogP) is 4.31. The quantitative estimate of drug-likeness (QED) is 0.459. The minimum absolute atomic E-state index is 0.0754. The molecule has 0 saturated carbocycles. The molecule has 1 heterocycles. The summed E-state index contributed by atoms with van der Waals surface area (Å²) < 4.78 is 26.1. The number of carboxylic acids is 1. The van der Waals surface area contributed by atoms with E-state index in [2.05, 4.69) is 10.4 Å². The lowest BCUT2D eigenvalue weighted by molar-refractivity contribution is -0.137. The number of benzene rings is 2. The number of carbonyl (C=O) groups is 2. The third-order valence-corrected chi connectivity index (χ3v) is 5.21. The fraction of sp³-hybridized carbons (Fsp3) is 0.320. The molecular weight excluding hydrogens is 441 g/mol. The molecule has 2 aromatic carbocycles. The number of ether oxygens (including phenoxy) is 2. The average Bonchev–Trinajstić information content (AvgIpc) is 3.23. The van der Waals surface area contributed by atoms with Crippen LogP contribution in [0.3, 0.4) is 0 Å².